The summed E-state index contributed by atoms with van der Waals surface area (Å²) in [5.74, 6) is 0.408. The Labute approximate surface area is 155 Å². The lowest BCUT2D eigenvalue weighted by molar-refractivity contribution is -0.123. The second-order valence-corrected chi connectivity index (χ2v) is 6.09. The molecule has 0 aromatic heterocycles. The van der Waals surface area contributed by atoms with Crippen LogP contribution in [0.4, 0.5) is 5.69 Å². The van der Waals surface area contributed by atoms with E-state index < -0.39 is 0 Å². The Hall–Kier alpha value is -2.82. The van der Waals surface area contributed by atoms with E-state index in [1.54, 1.807) is 24.3 Å². The van der Waals surface area contributed by atoms with E-state index >= 15 is 0 Å². The largest absolute Gasteiger partial charge is 0.484 e. The van der Waals surface area contributed by atoms with Crippen LogP contribution >= 0.6 is 0 Å². The number of ether oxygens (including phenoxy) is 1. The predicted molar refractivity (Wildman–Crippen MR) is 104 cm³/mol. The molecule has 0 spiro atoms. The standard InChI is InChI=1S/C21H26N2O3/c1-4-23(20-8-6-5-7-16(20)2)14-13-22-21(25)15-26-19-11-9-18(10-12-19)17(3)24/h5-12H,4,13-15H2,1-3H3,(H,22,25). The fourth-order valence-electron chi connectivity index (χ4n) is 2.68. The van der Waals surface area contributed by atoms with Crippen molar-refractivity contribution in [1.29, 1.82) is 0 Å². The number of rotatable bonds is 9. The van der Waals surface area contributed by atoms with Crippen LogP contribution in [-0.4, -0.2) is 37.9 Å². The van der Waals surface area contributed by atoms with Gasteiger partial charge in [-0.15, -0.1) is 0 Å². The number of anilines is 1. The molecule has 2 aromatic carbocycles. The van der Waals surface area contributed by atoms with Crippen molar-refractivity contribution in [1.82, 2.24) is 5.32 Å². The van der Waals surface area contributed by atoms with Crippen molar-refractivity contribution in [2.45, 2.75) is 20.8 Å². The van der Waals surface area contributed by atoms with Crippen LogP contribution in [0.2, 0.25) is 0 Å². The molecule has 0 aliphatic rings. The van der Waals surface area contributed by atoms with E-state index in [2.05, 4.69) is 36.2 Å². The topological polar surface area (TPSA) is 58.6 Å². The van der Waals surface area contributed by atoms with E-state index in [4.69, 9.17) is 4.74 Å². The predicted octanol–water partition coefficient (Wildman–Crippen LogP) is 3.22. The Bertz CT molecular complexity index is 741. The summed E-state index contributed by atoms with van der Waals surface area (Å²) in [5, 5.41) is 2.88. The number of carbonyl (C=O) groups is 2. The van der Waals surface area contributed by atoms with Gasteiger partial charge >= 0.3 is 0 Å². The quantitative estimate of drug-likeness (QED) is 0.703. The number of hydrogen-bond acceptors (Lipinski definition) is 4. The highest BCUT2D eigenvalue weighted by Gasteiger charge is 2.08. The number of carbonyl (C=O) groups excluding carboxylic acids is 2. The monoisotopic (exact) mass is 354 g/mol. The molecule has 0 bridgehead atoms. The van der Waals surface area contributed by atoms with Gasteiger partial charge in [0.25, 0.3) is 5.91 Å². The molecular formula is C21H26N2O3. The smallest absolute Gasteiger partial charge is 0.258 e. The van der Waals surface area contributed by atoms with Crippen LogP contribution < -0.4 is 15.0 Å². The van der Waals surface area contributed by atoms with E-state index in [0.29, 0.717) is 17.9 Å². The minimum Gasteiger partial charge on any atom is -0.484 e. The molecular weight excluding hydrogens is 328 g/mol. The number of nitrogens with zero attached hydrogens (tertiary/aromatic N) is 1. The molecule has 0 aliphatic heterocycles. The van der Waals surface area contributed by atoms with Crippen molar-refractivity contribution in [2.24, 2.45) is 0 Å². The summed E-state index contributed by atoms with van der Waals surface area (Å²) >= 11 is 0. The van der Waals surface area contributed by atoms with Gasteiger partial charge in [-0.2, -0.15) is 0 Å². The lowest BCUT2D eigenvalue weighted by atomic mass is 10.1. The molecule has 138 valence electrons. The number of hydrogen-bond donors (Lipinski definition) is 1. The zero-order valence-electron chi connectivity index (χ0n) is 15.6. The van der Waals surface area contributed by atoms with Crippen LogP contribution in [0.5, 0.6) is 5.75 Å². The molecule has 2 aromatic rings. The van der Waals surface area contributed by atoms with E-state index in [1.807, 2.05) is 12.1 Å². The number of Topliss-reactive ketones (excluding diaryl/α,β-unsaturated/α-hetero) is 1. The molecule has 0 atom stereocenters. The minimum absolute atomic E-state index is 0.00317. The Balaban J connectivity index is 1.76. The van der Waals surface area contributed by atoms with Crippen LogP contribution in [0.15, 0.2) is 48.5 Å². The molecule has 2 rings (SSSR count). The van der Waals surface area contributed by atoms with Gasteiger partial charge in [-0.1, -0.05) is 18.2 Å². The third-order valence-electron chi connectivity index (χ3n) is 4.17. The summed E-state index contributed by atoms with van der Waals surface area (Å²) in [6.07, 6.45) is 0. The maximum Gasteiger partial charge on any atom is 0.258 e. The van der Waals surface area contributed by atoms with E-state index in [1.165, 1.54) is 18.2 Å². The summed E-state index contributed by atoms with van der Waals surface area (Å²) < 4.78 is 5.45. The third kappa shape index (κ3) is 5.62. The Morgan fingerprint density at radius 3 is 2.38 bits per heavy atom. The molecule has 0 saturated heterocycles. The van der Waals surface area contributed by atoms with Gasteiger partial charge in [0.05, 0.1) is 0 Å². The first-order valence-electron chi connectivity index (χ1n) is 8.82. The van der Waals surface area contributed by atoms with Gasteiger partial charge in [-0.05, 0) is 56.7 Å². The Morgan fingerprint density at radius 1 is 1.08 bits per heavy atom. The molecule has 1 N–H and O–H groups in total. The average molecular weight is 354 g/mol. The molecule has 1 amide bonds. The number of benzene rings is 2. The summed E-state index contributed by atoms with van der Waals surface area (Å²) in [5.41, 5.74) is 3.03. The van der Waals surface area contributed by atoms with Crippen molar-refractivity contribution >= 4 is 17.4 Å². The highest BCUT2D eigenvalue weighted by molar-refractivity contribution is 5.94. The number of aryl methyl sites for hydroxylation is 1. The van der Waals surface area contributed by atoms with Crippen LogP contribution in [0, 0.1) is 6.92 Å². The highest BCUT2D eigenvalue weighted by atomic mass is 16.5. The summed E-state index contributed by atoms with van der Waals surface area (Å²) in [6.45, 7) is 7.81. The first-order chi connectivity index (χ1) is 12.5. The van der Waals surface area contributed by atoms with Crippen molar-refractivity contribution in [3.8, 4) is 5.75 Å². The van der Waals surface area contributed by atoms with Gasteiger partial charge in [0.1, 0.15) is 5.75 Å². The van der Waals surface area contributed by atoms with Crippen LogP contribution in [0.3, 0.4) is 0 Å². The molecule has 0 aliphatic carbocycles. The average Bonchev–Trinajstić information content (AvgIpc) is 2.64. The number of para-hydroxylation sites is 1. The zero-order chi connectivity index (χ0) is 18.9. The van der Waals surface area contributed by atoms with Crippen molar-refractivity contribution < 1.29 is 14.3 Å². The van der Waals surface area contributed by atoms with E-state index in [-0.39, 0.29) is 18.3 Å². The molecule has 0 unspecified atom stereocenters. The van der Waals surface area contributed by atoms with Crippen LogP contribution in [0.25, 0.3) is 0 Å². The molecule has 0 heterocycles. The van der Waals surface area contributed by atoms with Crippen LogP contribution in [0.1, 0.15) is 29.8 Å². The van der Waals surface area contributed by atoms with Crippen molar-refractivity contribution in [3.05, 3.63) is 59.7 Å². The molecule has 26 heavy (non-hydrogen) atoms. The number of nitrogens with one attached hydrogen (secondary N) is 1. The minimum atomic E-state index is -0.165. The zero-order valence-corrected chi connectivity index (χ0v) is 15.6. The lowest BCUT2D eigenvalue weighted by Gasteiger charge is -2.25. The highest BCUT2D eigenvalue weighted by Crippen LogP contribution is 2.18. The fraction of sp³-hybridized carbons (Fsp3) is 0.333. The van der Waals surface area contributed by atoms with E-state index in [0.717, 1.165) is 13.1 Å². The normalized spacial score (nSPS) is 10.3. The third-order valence-corrected chi connectivity index (χ3v) is 4.17. The van der Waals surface area contributed by atoms with Gasteiger partial charge in [0, 0.05) is 30.9 Å². The molecule has 0 fully saturated rings. The molecule has 0 saturated carbocycles. The number of ketones is 1. The molecule has 5 nitrogen and oxygen atoms in total. The lowest BCUT2D eigenvalue weighted by Crippen LogP contribution is -2.37. The van der Waals surface area contributed by atoms with Gasteiger partial charge in [-0.3, -0.25) is 9.59 Å². The number of amides is 1. The summed E-state index contributed by atoms with van der Waals surface area (Å²) in [4.78, 5) is 25.4. The van der Waals surface area contributed by atoms with Gasteiger partial charge < -0.3 is 15.0 Å². The van der Waals surface area contributed by atoms with Crippen LogP contribution in [-0.2, 0) is 4.79 Å². The van der Waals surface area contributed by atoms with Gasteiger partial charge in [0.2, 0.25) is 0 Å². The fourth-order valence-corrected chi connectivity index (χ4v) is 2.68. The first kappa shape index (κ1) is 19.5. The second kappa shape index (κ2) is 9.61. The number of likely N-dealkylation sites (N-methyl/N-ethyl adjacent to an activating group) is 1. The summed E-state index contributed by atoms with van der Waals surface area (Å²) in [7, 11) is 0. The molecule has 0 radical (unpaired) electrons. The van der Waals surface area contributed by atoms with Gasteiger partial charge in [0.15, 0.2) is 12.4 Å². The summed E-state index contributed by atoms with van der Waals surface area (Å²) in [6, 6.07) is 15.0. The second-order valence-electron chi connectivity index (χ2n) is 6.09. The Morgan fingerprint density at radius 2 is 1.77 bits per heavy atom. The first-order valence-corrected chi connectivity index (χ1v) is 8.82. The van der Waals surface area contributed by atoms with Crippen molar-refractivity contribution in [3.63, 3.8) is 0 Å². The van der Waals surface area contributed by atoms with Gasteiger partial charge in [-0.25, -0.2) is 0 Å². The molecule has 5 heteroatoms. The SMILES string of the molecule is CCN(CCNC(=O)COc1ccc(C(C)=O)cc1)c1ccccc1C. The Kier molecular flexibility index (Phi) is 7.21. The maximum atomic E-state index is 12.0. The van der Waals surface area contributed by atoms with E-state index in [9.17, 15) is 9.59 Å². The van der Waals surface area contributed by atoms with Crippen molar-refractivity contribution in [2.75, 3.05) is 31.1 Å². The maximum absolute atomic E-state index is 12.0.